The Morgan fingerprint density at radius 3 is 2.19 bits per heavy atom. The van der Waals surface area contributed by atoms with Crippen molar-refractivity contribution in [2.45, 2.75) is 37.8 Å². The van der Waals surface area contributed by atoms with Gasteiger partial charge in [0.25, 0.3) is 5.24 Å². The minimum absolute atomic E-state index is 0.178. The standard InChI is InChI=1S/C13H14ClF3O3S/c1-3-5-21(19,20)11-6-8(4-2)9(12(14)18)7-10(11)13(15,16)17/h6-7H,3-5H2,1-2H3. The minimum Gasteiger partial charge on any atom is -0.276 e. The predicted molar refractivity (Wildman–Crippen MR) is 73.3 cm³/mol. The molecule has 8 heteroatoms. The molecule has 1 aromatic rings. The summed E-state index contributed by atoms with van der Waals surface area (Å²) in [4.78, 5) is 10.4. The lowest BCUT2D eigenvalue weighted by Crippen LogP contribution is -2.17. The van der Waals surface area contributed by atoms with Crippen LogP contribution in [-0.2, 0) is 22.4 Å². The molecule has 0 amide bonds. The lowest BCUT2D eigenvalue weighted by atomic mass is 10.0. The van der Waals surface area contributed by atoms with Crippen LogP contribution in [0.3, 0.4) is 0 Å². The van der Waals surface area contributed by atoms with E-state index >= 15 is 0 Å². The molecule has 0 spiro atoms. The van der Waals surface area contributed by atoms with Gasteiger partial charge < -0.3 is 0 Å². The van der Waals surface area contributed by atoms with Crippen molar-refractivity contribution in [2.75, 3.05) is 5.75 Å². The minimum atomic E-state index is -4.89. The van der Waals surface area contributed by atoms with Crippen LogP contribution in [0.25, 0.3) is 0 Å². The van der Waals surface area contributed by atoms with E-state index in [2.05, 4.69) is 0 Å². The van der Waals surface area contributed by atoms with Crippen LogP contribution in [0.1, 0.15) is 41.8 Å². The quantitative estimate of drug-likeness (QED) is 0.764. The summed E-state index contributed by atoms with van der Waals surface area (Å²) < 4.78 is 63.3. The number of carbonyl (C=O) groups excluding carboxylic acids is 1. The molecule has 0 radical (unpaired) electrons. The number of aryl methyl sites for hydroxylation is 1. The van der Waals surface area contributed by atoms with Crippen molar-refractivity contribution in [1.29, 1.82) is 0 Å². The van der Waals surface area contributed by atoms with Crippen LogP contribution in [0.4, 0.5) is 13.2 Å². The van der Waals surface area contributed by atoms with Crippen molar-refractivity contribution in [3.05, 3.63) is 28.8 Å². The first-order valence-electron chi connectivity index (χ1n) is 6.21. The van der Waals surface area contributed by atoms with E-state index in [0.717, 1.165) is 6.07 Å². The molecule has 21 heavy (non-hydrogen) atoms. The fourth-order valence-electron chi connectivity index (χ4n) is 1.95. The van der Waals surface area contributed by atoms with Gasteiger partial charge in [0, 0.05) is 5.56 Å². The highest BCUT2D eigenvalue weighted by atomic mass is 35.5. The third-order valence-corrected chi connectivity index (χ3v) is 5.07. The number of benzene rings is 1. The summed E-state index contributed by atoms with van der Waals surface area (Å²) in [6.45, 7) is 3.16. The highest BCUT2D eigenvalue weighted by Crippen LogP contribution is 2.37. The molecule has 118 valence electrons. The second-order valence-corrected chi connectivity index (χ2v) is 6.87. The van der Waals surface area contributed by atoms with E-state index in [1.807, 2.05) is 0 Å². The molecule has 3 nitrogen and oxygen atoms in total. The first-order valence-corrected chi connectivity index (χ1v) is 8.24. The molecule has 0 aromatic heterocycles. The second kappa shape index (κ2) is 6.36. The summed E-state index contributed by atoms with van der Waals surface area (Å²) >= 11 is 5.28. The van der Waals surface area contributed by atoms with E-state index in [1.54, 1.807) is 13.8 Å². The van der Waals surface area contributed by atoms with Crippen LogP contribution < -0.4 is 0 Å². The molecule has 0 unspecified atom stereocenters. The van der Waals surface area contributed by atoms with E-state index in [-0.39, 0.29) is 24.0 Å². The Kier molecular flexibility index (Phi) is 5.44. The maximum atomic E-state index is 13.1. The average Bonchev–Trinajstić information content (AvgIpc) is 2.35. The summed E-state index contributed by atoms with van der Waals surface area (Å²) in [7, 11) is -4.07. The zero-order chi connectivity index (χ0) is 16.4. The molecule has 0 saturated heterocycles. The summed E-state index contributed by atoms with van der Waals surface area (Å²) in [6.07, 6.45) is -4.50. The largest absolute Gasteiger partial charge is 0.417 e. The SMILES string of the molecule is CCCS(=O)(=O)c1cc(CC)c(C(=O)Cl)cc1C(F)(F)F. The van der Waals surface area contributed by atoms with Gasteiger partial charge >= 0.3 is 6.18 Å². The zero-order valence-electron chi connectivity index (χ0n) is 11.4. The van der Waals surface area contributed by atoms with Gasteiger partial charge in [0.2, 0.25) is 0 Å². The molecule has 0 bridgehead atoms. The van der Waals surface area contributed by atoms with Gasteiger partial charge in [0.15, 0.2) is 9.84 Å². The Labute approximate surface area is 126 Å². The molecule has 0 N–H and O–H groups in total. The van der Waals surface area contributed by atoms with Gasteiger partial charge in [0.1, 0.15) is 0 Å². The van der Waals surface area contributed by atoms with Crippen LogP contribution in [0.5, 0.6) is 0 Å². The molecule has 0 saturated carbocycles. The lowest BCUT2D eigenvalue weighted by molar-refractivity contribution is -0.139. The molecule has 0 aliphatic heterocycles. The average molecular weight is 343 g/mol. The predicted octanol–water partition coefficient (Wildman–Crippen LogP) is 3.83. The van der Waals surface area contributed by atoms with Crippen molar-refractivity contribution >= 4 is 26.7 Å². The zero-order valence-corrected chi connectivity index (χ0v) is 13.0. The highest BCUT2D eigenvalue weighted by molar-refractivity contribution is 7.91. The van der Waals surface area contributed by atoms with Crippen molar-refractivity contribution in [3.63, 3.8) is 0 Å². The third-order valence-electron chi connectivity index (χ3n) is 2.91. The first-order chi connectivity index (χ1) is 9.54. The van der Waals surface area contributed by atoms with Gasteiger partial charge in [-0.1, -0.05) is 13.8 Å². The summed E-state index contributed by atoms with van der Waals surface area (Å²) in [5.74, 6) is -0.395. The second-order valence-electron chi connectivity index (χ2n) is 4.45. The summed E-state index contributed by atoms with van der Waals surface area (Å²) in [6, 6.07) is 1.43. The summed E-state index contributed by atoms with van der Waals surface area (Å²) in [5.41, 5.74) is -1.49. The Balaban J connectivity index is 3.74. The Morgan fingerprint density at radius 2 is 1.81 bits per heavy atom. The maximum absolute atomic E-state index is 13.1. The molecular weight excluding hydrogens is 329 g/mol. The first kappa shape index (κ1) is 18.0. The molecular formula is C13H14ClF3O3S. The number of alkyl halides is 3. The van der Waals surface area contributed by atoms with E-state index < -0.39 is 37.5 Å². The highest BCUT2D eigenvalue weighted by Gasteiger charge is 2.38. The summed E-state index contributed by atoms with van der Waals surface area (Å²) in [5, 5.41) is -1.04. The van der Waals surface area contributed by atoms with Crippen molar-refractivity contribution in [2.24, 2.45) is 0 Å². The molecule has 0 fully saturated rings. The molecule has 1 aromatic carbocycles. The Morgan fingerprint density at radius 1 is 1.24 bits per heavy atom. The number of carbonyl (C=O) groups is 1. The van der Waals surface area contributed by atoms with Gasteiger partial charge in [0.05, 0.1) is 16.2 Å². The Bertz CT molecular complexity index is 651. The number of halogens is 4. The van der Waals surface area contributed by atoms with Crippen LogP contribution >= 0.6 is 11.6 Å². The molecule has 1 rings (SSSR count). The van der Waals surface area contributed by atoms with Crippen molar-refractivity contribution in [1.82, 2.24) is 0 Å². The van der Waals surface area contributed by atoms with Gasteiger partial charge in [-0.2, -0.15) is 13.2 Å². The fourth-order valence-corrected chi connectivity index (χ4v) is 3.72. The van der Waals surface area contributed by atoms with Crippen LogP contribution in [-0.4, -0.2) is 19.4 Å². The molecule has 0 aliphatic rings. The number of sulfone groups is 1. The van der Waals surface area contributed by atoms with Gasteiger partial charge in [-0.3, -0.25) is 4.79 Å². The number of hydrogen-bond acceptors (Lipinski definition) is 3. The number of hydrogen-bond donors (Lipinski definition) is 0. The third kappa shape index (κ3) is 3.97. The molecule has 0 aliphatic carbocycles. The lowest BCUT2D eigenvalue weighted by Gasteiger charge is -2.16. The van der Waals surface area contributed by atoms with E-state index in [9.17, 15) is 26.4 Å². The van der Waals surface area contributed by atoms with Crippen LogP contribution in [0.2, 0.25) is 0 Å². The van der Waals surface area contributed by atoms with E-state index in [4.69, 9.17) is 11.6 Å². The fraction of sp³-hybridized carbons (Fsp3) is 0.462. The van der Waals surface area contributed by atoms with Crippen LogP contribution in [0, 0.1) is 0 Å². The van der Waals surface area contributed by atoms with E-state index in [1.165, 1.54) is 0 Å². The number of rotatable bonds is 5. The smallest absolute Gasteiger partial charge is 0.276 e. The van der Waals surface area contributed by atoms with Gasteiger partial charge in [-0.15, -0.1) is 0 Å². The molecule has 0 atom stereocenters. The van der Waals surface area contributed by atoms with Crippen molar-refractivity contribution in [3.8, 4) is 0 Å². The van der Waals surface area contributed by atoms with Crippen molar-refractivity contribution < 1.29 is 26.4 Å². The van der Waals surface area contributed by atoms with Crippen LogP contribution in [0.15, 0.2) is 17.0 Å². The maximum Gasteiger partial charge on any atom is 0.417 e. The topological polar surface area (TPSA) is 51.2 Å². The normalized spacial score (nSPS) is 12.5. The Hall–Kier alpha value is -1.08. The monoisotopic (exact) mass is 342 g/mol. The van der Waals surface area contributed by atoms with Gasteiger partial charge in [-0.25, -0.2) is 8.42 Å². The van der Waals surface area contributed by atoms with E-state index in [0.29, 0.717) is 6.07 Å². The molecule has 0 heterocycles. The van der Waals surface area contributed by atoms with Gasteiger partial charge in [-0.05, 0) is 42.1 Å².